The smallest absolute Gasteiger partial charge is 0.322 e. The third-order valence-electron chi connectivity index (χ3n) is 4.18. The lowest BCUT2D eigenvalue weighted by atomic mass is 10.0. The molecule has 5 nitrogen and oxygen atoms in total. The molecule has 1 aromatic heterocycles. The second-order valence-electron chi connectivity index (χ2n) is 5.72. The Morgan fingerprint density at radius 2 is 1.88 bits per heavy atom. The van der Waals surface area contributed by atoms with Crippen LogP contribution < -0.4 is 5.32 Å². The normalized spacial score (nSPS) is 11.8. The molecule has 2 amide bonds. The van der Waals surface area contributed by atoms with Crippen LogP contribution in [-0.2, 0) is 11.3 Å². The summed E-state index contributed by atoms with van der Waals surface area (Å²) >= 11 is 0. The van der Waals surface area contributed by atoms with Crippen LogP contribution >= 0.6 is 0 Å². The minimum atomic E-state index is -0.102. The van der Waals surface area contributed by atoms with E-state index in [0.29, 0.717) is 19.8 Å². The molecule has 25 heavy (non-hydrogen) atoms. The van der Waals surface area contributed by atoms with E-state index in [-0.39, 0.29) is 12.1 Å². The van der Waals surface area contributed by atoms with Crippen molar-refractivity contribution in [3.63, 3.8) is 0 Å². The van der Waals surface area contributed by atoms with Crippen LogP contribution in [0.5, 0.6) is 0 Å². The largest absolute Gasteiger partial charge is 0.377 e. The Kier molecular flexibility index (Phi) is 7.41. The number of benzene rings is 1. The molecule has 1 heterocycles. The molecule has 0 saturated heterocycles. The Balaban J connectivity index is 2.17. The third-order valence-corrected chi connectivity index (χ3v) is 4.18. The van der Waals surface area contributed by atoms with Gasteiger partial charge in [-0.25, -0.2) is 4.79 Å². The molecular weight excluding hydrogens is 314 g/mol. The molecule has 2 aromatic rings. The summed E-state index contributed by atoms with van der Waals surface area (Å²) < 4.78 is 5.49. The van der Waals surface area contributed by atoms with Crippen molar-refractivity contribution in [3.8, 4) is 0 Å². The monoisotopic (exact) mass is 341 g/mol. The number of nitrogens with one attached hydrogen (secondary N) is 1. The highest BCUT2D eigenvalue weighted by Gasteiger charge is 2.23. The first-order valence-electron chi connectivity index (χ1n) is 8.84. The predicted octanol–water partition coefficient (Wildman–Crippen LogP) is 4.62. The van der Waals surface area contributed by atoms with Crippen LogP contribution in [0.4, 0.5) is 10.5 Å². The highest BCUT2D eigenvalue weighted by atomic mass is 16.5. The molecule has 0 saturated carbocycles. The molecule has 0 spiro atoms. The SMILES string of the molecule is CCOCc1ccccc1NC(=O)N(CC)C(CC)c1ccncc1. The van der Waals surface area contributed by atoms with Crippen LogP contribution in [0.1, 0.15) is 44.4 Å². The van der Waals surface area contributed by atoms with Gasteiger partial charge in [0, 0.05) is 36.8 Å². The summed E-state index contributed by atoms with van der Waals surface area (Å²) in [4.78, 5) is 18.8. The number of carbonyl (C=O) groups excluding carboxylic acids is 1. The molecule has 2 rings (SSSR count). The molecule has 1 N–H and O–H groups in total. The van der Waals surface area contributed by atoms with Crippen molar-refractivity contribution in [2.24, 2.45) is 0 Å². The van der Waals surface area contributed by atoms with Crippen LogP contribution in [0, 0.1) is 0 Å². The van der Waals surface area contributed by atoms with E-state index in [9.17, 15) is 4.79 Å². The van der Waals surface area contributed by atoms with Crippen LogP contribution in [0.2, 0.25) is 0 Å². The van der Waals surface area contributed by atoms with Crippen molar-refractivity contribution in [3.05, 3.63) is 59.9 Å². The van der Waals surface area contributed by atoms with E-state index in [1.807, 2.05) is 55.1 Å². The van der Waals surface area contributed by atoms with E-state index in [1.165, 1.54) is 0 Å². The van der Waals surface area contributed by atoms with E-state index >= 15 is 0 Å². The summed E-state index contributed by atoms with van der Waals surface area (Å²) in [6, 6.07) is 11.6. The van der Waals surface area contributed by atoms with E-state index < -0.39 is 0 Å². The van der Waals surface area contributed by atoms with Gasteiger partial charge in [0.25, 0.3) is 0 Å². The average molecular weight is 341 g/mol. The van der Waals surface area contributed by atoms with E-state index in [0.717, 1.165) is 23.2 Å². The standard InChI is InChI=1S/C20H27N3O2/c1-4-19(16-11-13-21-14-12-16)23(5-2)20(24)22-18-10-8-7-9-17(18)15-25-6-3/h7-14,19H,4-6,15H2,1-3H3,(H,22,24). The van der Waals surface area contributed by atoms with Gasteiger partial charge in [-0.05, 0) is 44.0 Å². The zero-order valence-corrected chi connectivity index (χ0v) is 15.2. The molecule has 1 unspecified atom stereocenters. The summed E-state index contributed by atoms with van der Waals surface area (Å²) in [6.45, 7) is 7.80. The number of nitrogens with zero attached hydrogens (tertiary/aromatic N) is 2. The molecule has 1 atom stereocenters. The summed E-state index contributed by atoms with van der Waals surface area (Å²) in [7, 11) is 0. The van der Waals surface area contributed by atoms with Gasteiger partial charge in [0.15, 0.2) is 0 Å². The Morgan fingerprint density at radius 3 is 2.52 bits per heavy atom. The molecule has 0 fully saturated rings. The van der Waals surface area contributed by atoms with Crippen molar-refractivity contribution in [2.45, 2.75) is 39.8 Å². The molecule has 0 bridgehead atoms. The van der Waals surface area contributed by atoms with Crippen LogP contribution in [0.15, 0.2) is 48.8 Å². The number of rotatable bonds is 8. The third kappa shape index (κ3) is 5.03. The number of aromatic nitrogens is 1. The van der Waals surface area contributed by atoms with Gasteiger partial charge in [-0.15, -0.1) is 0 Å². The number of ether oxygens (including phenoxy) is 1. The molecular formula is C20H27N3O2. The predicted molar refractivity (Wildman–Crippen MR) is 100 cm³/mol. The van der Waals surface area contributed by atoms with Gasteiger partial charge >= 0.3 is 6.03 Å². The number of amides is 2. The maximum atomic E-state index is 12.9. The van der Waals surface area contributed by atoms with Gasteiger partial charge in [-0.1, -0.05) is 25.1 Å². The number of pyridine rings is 1. The number of hydrogen-bond acceptors (Lipinski definition) is 3. The Hall–Kier alpha value is -2.40. The highest BCUT2D eigenvalue weighted by Crippen LogP contribution is 2.25. The van der Waals surface area contributed by atoms with Crippen molar-refractivity contribution >= 4 is 11.7 Å². The number of carbonyl (C=O) groups is 1. The Bertz CT molecular complexity index is 661. The number of para-hydroxylation sites is 1. The lowest BCUT2D eigenvalue weighted by molar-refractivity contribution is 0.134. The van der Waals surface area contributed by atoms with Crippen molar-refractivity contribution in [2.75, 3.05) is 18.5 Å². The summed E-state index contributed by atoms with van der Waals surface area (Å²) in [5.41, 5.74) is 2.87. The lowest BCUT2D eigenvalue weighted by Gasteiger charge is -2.31. The maximum absolute atomic E-state index is 12.9. The van der Waals surface area contributed by atoms with E-state index in [1.54, 1.807) is 12.4 Å². The molecule has 1 aromatic carbocycles. The van der Waals surface area contributed by atoms with Gasteiger partial charge < -0.3 is 15.0 Å². The van der Waals surface area contributed by atoms with Gasteiger partial charge in [-0.2, -0.15) is 0 Å². The fourth-order valence-corrected chi connectivity index (χ4v) is 2.89. The van der Waals surface area contributed by atoms with Gasteiger partial charge in [-0.3, -0.25) is 4.98 Å². The van der Waals surface area contributed by atoms with Crippen LogP contribution in [-0.4, -0.2) is 29.1 Å². The highest BCUT2D eigenvalue weighted by molar-refractivity contribution is 5.90. The molecule has 134 valence electrons. The van der Waals surface area contributed by atoms with Crippen molar-refractivity contribution in [1.82, 2.24) is 9.88 Å². The van der Waals surface area contributed by atoms with Crippen molar-refractivity contribution in [1.29, 1.82) is 0 Å². The average Bonchev–Trinajstić information content (AvgIpc) is 2.65. The second kappa shape index (κ2) is 9.79. The maximum Gasteiger partial charge on any atom is 0.322 e. The molecule has 0 aliphatic carbocycles. The van der Waals surface area contributed by atoms with E-state index in [2.05, 4.69) is 17.2 Å². The topological polar surface area (TPSA) is 54.5 Å². The summed E-state index contributed by atoms with van der Waals surface area (Å²) in [5, 5.41) is 3.05. The minimum Gasteiger partial charge on any atom is -0.377 e. The minimum absolute atomic E-state index is 0.0204. The molecule has 0 aliphatic heterocycles. The van der Waals surface area contributed by atoms with Gasteiger partial charge in [0.2, 0.25) is 0 Å². The molecule has 0 radical (unpaired) electrons. The van der Waals surface area contributed by atoms with Crippen LogP contribution in [0.25, 0.3) is 0 Å². The zero-order valence-electron chi connectivity index (χ0n) is 15.2. The lowest BCUT2D eigenvalue weighted by Crippen LogP contribution is -2.38. The van der Waals surface area contributed by atoms with Crippen LogP contribution in [0.3, 0.4) is 0 Å². The first kappa shape index (κ1) is 18.9. The second-order valence-corrected chi connectivity index (χ2v) is 5.72. The summed E-state index contributed by atoms with van der Waals surface area (Å²) in [6.07, 6.45) is 4.37. The quantitative estimate of drug-likeness (QED) is 0.762. The summed E-state index contributed by atoms with van der Waals surface area (Å²) in [5.74, 6) is 0. The van der Waals surface area contributed by atoms with Gasteiger partial charge in [0.05, 0.1) is 12.6 Å². The first-order valence-corrected chi connectivity index (χ1v) is 8.84. The molecule has 0 aliphatic rings. The zero-order chi connectivity index (χ0) is 18.1. The number of hydrogen-bond donors (Lipinski definition) is 1. The van der Waals surface area contributed by atoms with Crippen molar-refractivity contribution < 1.29 is 9.53 Å². The molecule has 5 heteroatoms. The number of urea groups is 1. The Morgan fingerprint density at radius 1 is 1.16 bits per heavy atom. The fourth-order valence-electron chi connectivity index (χ4n) is 2.89. The Labute approximate surface area is 150 Å². The number of anilines is 1. The van der Waals surface area contributed by atoms with Gasteiger partial charge in [0.1, 0.15) is 0 Å². The van der Waals surface area contributed by atoms with E-state index in [4.69, 9.17) is 4.74 Å². The first-order chi connectivity index (χ1) is 12.2. The fraction of sp³-hybridized carbons (Fsp3) is 0.400.